The SMILES string of the molecule is NCc1ccnc(-c2cc(CN)ccn2)c1.[C-]#N.[C-]#N.[C-]#N.[C-]#N.[Os+4]. The van der Waals surface area contributed by atoms with Crippen molar-refractivity contribution in [2.45, 2.75) is 13.1 Å². The second-order valence-corrected chi connectivity index (χ2v) is 3.51. The molecule has 0 bridgehead atoms. The van der Waals surface area contributed by atoms with Crippen LogP contribution >= 0.6 is 0 Å². The summed E-state index contributed by atoms with van der Waals surface area (Å²) in [6.07, 6.45) is 3.49. The molecular weight excluding hydrogens is 494 g/mol. The maximum absolute atomic E-state index is 6.25. The van der Waals surface area contributed by atoms with Crippen LogP contribution in [0.15, 0.2) is 36.7 Å². The Labute approximate surface area is 161 Å². The van der Waals surface area contributed by atoms with E-state index in [4.69, 9.17) is 58.8 Å². The maximum Gasteiger partial charge on any atom is 4.00 e. The van der Waals surface area contributed by atoms with Crippen LogP contribution in [0.4, 0.5) is 0 Å². The summed E-state index contributed by atoms with van der Waals surface area (Å²) in [6, 6.07) is 7.69. The molecule has 2 aromatic rings. The molecule has 8 nitrogen and oxygen atoms in total. The van der Waals surface area contributed by atoms with Crippen molar-refractivity contribution < 1.29 is 19.8 Å². The average Bonchev–Trinajstić information content (AvgIpc) is 2.74. The largest absolute Gasteiger partial charge is 4.00 e. The Bertz CT molecular complexity index is 580. The van der Waals surface area contributed by atoms with E-state index in [1.807, 2.05) is 24.3 Å². The molecule has 2 rings (SSSR count). The number of pyridine rings is 2. The van der Waals surface area contributed by atoms with E-state index in [0.717, 1.165) is 22.5 Å². The van der Waals surface area contributed by atoms with Crippen molar-refractivity contribution in [2.24, 2.45) is 11.5 Å². The van der Waals surface area contributed by atoms with Crippen molar-refractivity contribution in [1.82, 2.24) is 9.97 Å². The van der Waals surface area contributed by atoms with Crippen LogP contribution in [0.5, 0.6) is 0 Å². The predicted molar refractivity (Wildman–Crippen MR) is 83.1 cm³/mol. The zero-order valence-electron chi connectivity index (χ0n) is 13.1. The topological polar surface area (TPSA) is 173 Å². The third kappa shape index (κ3) is 12.0. The van der Waals surface area contributed by atoms with Gasteiger partial charge in [-0.25, -0.2) is 0 Å². The molecule has 0 atom stereocenters. The number of aromatic nitrogens is 2. The van der Waals surface area contributed by atoms with Gasteiger partial charge in [0.05, 0.1) is 11.4 Å². The average molecular weight is 509 g/mol. The molecule has 126 valence electrons. The fourth-order valence-electron chi connectivity index (χ4n) is 1.48. The van der Waals surface area contributed by atoms with E-state index in [2.05, 4.69) is 9.97 Å². The summed E-state index contributed by atoms with van der Waals surface area (Å²) in [7, 11) is 0. The molecule has 0 radical (unpaired) electrons. The van der Waals surface area contributed by atoms with E-state index in [0.29, 0.717) is 13.1 Å². The Morgan fingerprint density at radius 2 is 0.960 bits per heavy atom. The molecule has 25 heavy (non-hydrogen) atoms. The minimum absolute atomic E-state index is 0. The summed E-state index contributed by atoms with van der Waals surface area (Å²) >= 11 is 0. The van der Waals surface area contributed by atoms with Crippen molar-refractivity contribution in [3.05, 3.63) is 74.1 Å². The van der Waals surface area contributed by atoms with Crippen molar-refractivity contribution in [2.75, 3.05) is 0 Å². The fourth-order valence-corrected chi connectivity index (χ4v) is 1.48. The molecule has 0 fully saturated rings. The van der Waals surface area contributed by atoms with Gasteiger partial charge in [-0.2, -0.15) is 0 Å². The molecule has 0 unspecified atom stereocenters. The van der Waals surface area contributed by atoms with E-state index < -0.39 is 0 Å². The Kier molecular flexibility index (Phi) is 27.5. The van der Waals surface area contributed by atoms with Crippen molar-refractivity contribution >= 4 is 0 Å². The van der Waals surface area contributed by atoms with Crippen LogP contribution in [0.3, 0.4) is 0 Å². The quantitative estimate of drug-likeness (QED) is 0.586. The van der Waals surface area contributed by atoms with Gasteiger partial charge in [-0.1, -0.05) is 0 Å². The molecule has 9 heteroatoms. The van der Waals surface area contributed by atoms with Crippen molar-refractivity contribution in [3.63, 3.8) is 0 Å². The van der Waals surface area contributed by atoms with Gasteiger partial charge in [0.25, 0.3) is 0 Å². The summed E-state index contributed by atoms with van der Waals surface area (Å²) < 4.78 is 0. The van der Waals surface area contributed by atoms with E-state index in [9.17, 15) is 0 Å². The minimum Gasteiger partial charge on any atom is -0.512 e. The normalized spacial score (nSPS) is 6.96. The Morgan fingerprint density at radius 3 is 1.20 bits per heavy atom. The summed E-state index contributed by atoms with van der Waals surface area (Å²) in [6.45, 7) is 20.0. The van der Waals surface area contributed by atoms with Gasteiger partial charge in [-0.3, -0.25) is 9.97 Å². The fraction of sp³-hybridized carbons (Fsp3) is 0.125. The van der Waals surface area contributed by atoms with E-state index in [-0.39, 0.29) is 19.8 Å². The van der Waals surface area contributed by atoms with Crippen LogP contribution in [0, 0.1) is 47.3 Å². The molecule has 0 saturated carbocycles. The van der Waals surface area contributed by atoms with Gasteiger partial charge in [0.2, 0.25) is 0 Å². The van der Waals surface area contributed by atoms with Crippen LogP contribution < -0.4 is 11.5 Å². The molecule has 0 amide bonds. The Balaban J connectivity index is -0.000000217. The number of hydrogen-bond acceptors (Lipinski definition) is 8. The van der Waals surface area contributed by atoms with Gasteiger partial charge in [0.15, 0.2) is 0 Å². The monoisotopic (exact) mass is 510 g/mol. The molecule has 2 aromatic heterocycles. The molecule has 0 aromatic carbocycles. The summed E-state index contributed by atoms with van der Waals surface area (Å²) in [4.78, 5) is 8.55. The first-order chi connectivity index (χ1) is 11.8. The second-order valence-electron chi connectivity index (χ2n) is 3.51. The van der Waals surface area contributed by atoms with Crippen LogP contribution in [-0.4, -0.2) is 9.97 Å². The van der Waals surface area contributed by atoms with Gasteiger partial charge in [-0.15, -0.1) is 0 Å². The third-order valence-corrected chi connectivity index (χ3v) is 2.38. The van der Waals surface area contributed by atoms with E-state index in [1.54, 1.807) is 12.4 Å². The predicted octanol–water partition coefficient (Wildman–Crippen LogP) is 1.44. The third-order valence-electron chi connectivity index (χ3n) is 2.38. The number of nitrogens with zero attached hydrogens (tertiary/aromatic N) is 6. The number of hydrogen-bond donors (Lipinski definition) is 2. The van der Waals surface area contributed by atoms with Crippen LogP contribution in [-0.2, 0) is 32.9 Å². The standard InChI is InChI=1S/C12H14N4.4CN.Os/c13-7-9-1-3-15-11(5-9)12-6-10(8-14)2-4-16-12;4*1-2;/h1-6H,7-8,13-14H2;;;;;/q;4*-1;+4. The van der Waals surface area contributed by atoms with Crippen LogP contribution in [0.2, 0.25) is 0 Å². The molecule has 0 aliphatic carbocycles. The molecule has 0 spiro atoms. The van der Waals surface area contributed by atoms with Crippen molar-refractivity contribution in [3.8, 4) is 11.4 Å². The zero-order valence-corrected chi connectivity index (χ0v) is 15.6. The number of rotatable bonds is 3. The van der Waals surface area contributed by atoms with E-state index >= 15 is 0 Å². The van der Waals surface area contributed by atoms with Crippen molar-refractivity contribution in [1.29, 1.82) is 21.0 Å². The minimum atomic E-state index is 0. The summed E-state index contributed by atoms with van der Waals surface area (Å²) in [5, 5.41) is 25.0. The van der Waals surface area contributed by atoms with Crippen LogP contribution in [0.1, 0.15) is 11.1 Å². The Morgan fingerprint density at radius 1 is 0.680 bits per heavy atom. The van der Waals surface area contributed by atoms with Gasteiger partial charge in [-0.05, 0) is 35.4 Å². The molecule has 0 aliphatic rings. The second kappa shape index (κ2) is 23.1. The van der Waals surface area contributed by atoms with Gasteiger partial charge >= 0.3 is 19.8 Å². The van der Waals surface area contributed by atoms with Gasteiger partial charge in [0.1, 0.15) is 0 Å². The van der Waals surface area contributed by atoms with E-state index in [1.165, 1.54) is 0 Å². The zero-order chi connectivity index (χ0) is 19.4. The maximum atomic E-state index is 6.25. The Hall–Kier alpha value is -3.18. The first-order valence-corrected chi connectivity index (χ1v) is 6.03. The molecular formula is C16H14N8Os. The molecule has 0 aliphatic heterocycles. The first kappa shape index (κ1) is 29.8. The smallest absolute Gasteiger partial charge is 0.512 e. The molecule has 4 N–H and O–H groups in total. The number of nitrogens with two attached hydrogens (primary N) is 2. The summed E-state index contributed by atoms with van der Waals surface area (Å²) in [5.41, 5.74) is 14.9. The van der Waals surface area contributed by atoms with Gasteiger partial charge < -0.3 is 58.8 Å². The van der Waals surface area contributed by atoms with Gasteiger partial charge in [0, 0.05) is 25.5 Å². The molecule has 0 saturated heterocycles. The summed E-state index contributed by atoms with van der Waals surface area (Å²) in [5.74, 6) is 0. The first-order valence-electron chi connectivity index (χ1n) is 6.03. The molecule has 2 heterocycles. The van der Waals surface area contributed by atoms with Crippen LogP contribution in [0.25, 0.3) is 11.4 Å².